The summed E-state index contributed by atoms with van der Waals surface area (Å²) < 4.78 is 113. The number of hydrogen-bond donors (Lipinski definition) is 6. The zero-order chi connectivity index (χ0) is 54.4. The van der Waals surface area contributed by atoms with Crippen LogP contribution in [0, 0.1) is 79.0 Å². The number of imidazole rings is 2. The van der Waals surface area contributed by atoms with Gasteiger partial charge in [0, 0.05) is 83.8 Å². The number of H-pyrrole nitrogens is 2. The average molecular weight is 1080 g/mol. The molecule has 0 bridgehead atoms. The van der Waals surface area contributed by atoms with E-state index in [0.29, 0.717) is 34.9 Å². The highest BCUT2D eigenvalue weighted by molar-refractivity contribution is 7.71. The molecule has 5 heterocycles. The van der Waals surface area contributed by atoms with Crippen LogP contribution < -0.4 is 11.1 Å². The summed E-state index contributed by atoms with van der Waals surface area (Å²) >= 11 is 10.2. The van der Waals surface area contributed by atoms with Crippen LogP contribution in [0.4, 0.5) is 35.1 Å². The predicted molar refractivity (Wildman–Crippen MR) is 250 cm³/mol. The quantitative estimate of drug-likeness (QED) is 0.0143. The van der Waals surface area contributed by atoms with Gasteiger partial charge in [-0.05, 0) is 63.0 Å². The van der Waals surface area contributed by atoms with Crippen molar-refractivity contribution >= 4 is 54.1 Å². The fourth-order valence-corrected chi connectivity index (χ4v) is 9.79. The third-order valence-corrected chi connectivity index (χ3v) is 13.3. The Balaban J connectivity index is 0.000000190. The third-order valence-electron chi connectivity index (χ3n) is 12.7. The highest BCUT2D eigenvalue weighted by Gasteiger charge is 2.35. The Morgan fingerprint density at radius 3 is 1.38 bits per heavy atom. The van der Waals surface area contributed by atoms with Gasteiger partial charge in [-0.1, -0.05) is 38.5 Å². The molecule has 0 spiro atoms. The van der Waals surface area contributed by atoms with E-state index in [1.54, 1.807) is 0 Å². The summed E-state index contributed by atoms with van der Waals surface area (Å²) in [4.78, 5) is 57.3. The van der Waals surface area contributed by atoms with Crippen LogP contribution in [0.15, 0.2) is 22.1 Å². The van der Waals surface area contributed by atoms with Crippen LogP contribution in [0.2, 0.25) is 0 Å². The minimum absolute atomic E-state index is 0.0149. The van der Waals surface area contributed by atoms with Gasteiger partial charge in [-0.25, -0.2) is 45.1 Å². The van der Waals surface area contributed by atoms with E-state index in [-0.39, 0.29) is 78.4 Å². The summed E-state index contributed by atoms with van der Waals surface area (Å²) in [5.41, 5.74) is 4.49. The smallest absolute Gasteiger partial charge is 0.309 e. The fourth-order valence-electron chi connectivity index (χ4n) is 9.18. The number of amides is 3. The summed E-state index contributed by atoms with van der Waals surface area (Å²) in [6.07, 6.45) is 15.8. The predicted octanol–water partition coefficient (Wildman–Crippen LogP) is 8.43. The number of aliphatic carboxylic acids is 1. The van der Waals surface area contributed by atoms with Crippen LogP contribution in [0.25, 0.3) is 0 Å². The number of imide groups is 1. The number of hydroxylamine groups is 2. The standard InChI is InChI=1S/C15H10F4N4OS.C14H10F4N2O2S.C13H22N2.C4H5NO3.CH2N2/c16-7-2-8(17)14(19)12(13(7)18)6-1-10-9(3-11(24)21-5-20)22-15(25)23(10)4-6;15-6-2-7(16)13(18)11(12(6)17)5-1-9-8(3-10(21)22)19-14(23)20(9)4-5;1-3-7-12(8-4-1)14-11-15-13-9-5-2-6-10-13;6-3-1-2-4(7)5(3)8;2-1-3/h2,6H,1,3-4H2,(H,21,24)(H,22,25);2,5H,1,3-4H2,(H,19,23)(H,21,22);12-13H,1-10H2;8H,1-2H2;2H2/t6-;5-;;;/m11.../s1. The van der Waals surface area contributed by atoms with Gasteiger partial charge >= 0.3 is 5.97 Å². The van der Waals surface area contributed by atoms with Crippen LogP contribution >= 0.6 is 24.4 Å². The van der Waals surface area contributed by atoms with E-state index >= 15 is 0 Å². The van der Waals surface area contributed by atoms with Crippen LogP contribution in [-0.4, -0.2) is 76.3 Å². The van der Waals surface area contributed by atoms with Gasteiger partial charge in [-0.15, -0.1) is 0 Å². The van der Waals surface area contributed by atoms with Gasteiger partial charge in [0.1, 0.15) is 0 Å². The topological polar surface area (TPSA) is 264 Å². The highest BCUT2D eigenvalue weighted by atomic mass is 32.1. The molecule has 2 aliphatic carbocycles. The second-order valence-corrected chi connectivity index (χ2v) is 18.3. The zero-order valence-electron chi connectivity index (χ0n) is 39.3. The van der Waals surface area contributed by atoms with Gasteiger partial charge in [0.25, 0.3) is 11.8 Å². The Labute approximate surface area is 427 Å². The number of carboxylic acid groups (broad SMARTS) is 1. The molecule has 3 fully saturated rings. The first-order valence-electron chi connectivity index (χ1n) is 23.2. The summed E-state index contributed by atoms with van der Waals surface area (Å²) in [5, 5.41) is 34.9. The van der Waals surface area contributed by atoms with Gasteiger partial charge in [-0.2, -0.15) is 15.6 Å². The number of fused-ring (bicyclic) bond motifs is 2. The van der Waals surface area contributed by atoms with Crippen molar-refractivity contribution in [2.24, 2.45) is 15.7 Å². The highest BCUT2D eigenvalue weighted by Crippen LogP contribution is 2.38. The number of aromatic nitrogens is 4. The first kappa shape index (κ1) is 57.8. The number of nitrogens with zero attached hydrogens (tertiary/aromatic N) is 7. The molecule has 9 rings (SSSR count). The number of nitrogens with two attached hydrogens (primary N) is 1. The van der Waals surface area contributed by atoms with E-state index < -0.39 is 93.2 Å². The minimum atomic E-state index is -1.47. The summed E-state index contributed by atoms with van der Waals surface area (Å²) in [5.74, 6) is -16.0. The molecule has 2 aromatic heterocycles. The Hall–Kier alpha value is -7.06. The lowest BCUT2D eigenvalue weighted by Crippen LogP contribution is -2.24. The van der Waals surface area contributed by atoms with E-state index in [1.807, 2.05) is 5.32 Å². The molecule has 1 saturated heterocycles. The molecule has 396 valence electrons. The first-order chi connectivity index (χ1) is 35.2. The molecule has 0 unspecified atom stereocenters. The van der Waals surface area contributed by atoms with Gasteiger partial charge in [0.2, 0.25) is 5.91 Å². The molecular weight excluding hydrogens is 1030 g/mol. The first-order valence-corrected chi connectivity index (χ1v) is 24.0. The van der Waals surface area contributed by atoms with Gasteiger partial charge in [0.15, 0.2) is 68.5 Å². The van der Waals surface area contributed by atoms with Crippen LogP contribution in [-0.2, 0) is 58.0 Å². The van der Waals surface area contributed by atoms with Gasteiger partial charge in [-0.3, -0.25) is 29.7 Å². The molecule has 17 nitrogen and oxygen atoms in total. The number of nitriles is 2. The number of aliphatic imine (C=N–C) groups is 2. The largest absolute Gasteiger partial charge is 0.481 e. The van der Waals surface area contributed by atoms with E-state index in [0.717, 1.165) is 0 Å². The van der Waals surface area contributed by atoms with Crippen molar-refractivity contribution in [3.8, 4) is 12.4 Å². The fraction of sp³-hybridized carbons (Fsp3) is 0.468. The number of nitrogens with one attached hydrogen (secondary N) is 3. The average Bonchev–Trinajstić information content (AvgIpc) is 4.18. The summed E-state index contributed by atoms with van der Waals surface area (Å²) in [7, 11) is 0. The Bertz CT molecular complexity index is 2930. The Morgan fingerprint density at radius 2 is 1.05 bits per heavy atom. The molecule has 27 heteroatoms. The number of carbonyl (C=O) groups is 4. The molecule has 3 aliphatic heterocycles. The zero-order valence-corrected chi connectivity index (χ0v) is 40.9. The van der Waals surface area contributed by atoms with E-state index in [2.05, 4.69) is 31.7 Å². The maximum Gasteiger partial charge on any atom is 0.309 e. The van der Waals surface area contributed by atoms with Crippen molar-refractivity contribution in [3.63, 3.8) is 0 Å². The normalized spacial score (nSPS) is 17.7. The lowest BCUT2D eigenvalue weighted by atomic mass is 9.94. The van der Waals surface area contributed by atoms with Gasteiger partial charge < -0.3 is 29.9 Å². The van der Waals surface area contributed by atoms with Crippen LogP contribution in [0.3, 0.4) is 0 Å². The molecule has 7 N–H and O–H groups in total. The number of hydrogen-bond acceptors (Lipinski definition) is 12. The van der Waals surface area contributed by atoms with Gasteiger partial charge in [0.05, 0.1) is 30.9 Å². The number of benzene rings is 2. The molecule has 2 saturated carbocycles. The van der Waals surface area contributed by atoms with E-state index in [9.17, 15) is 54.3 Å². The second-order valence-electron chi connectivity index (χ2n) is 17.6. The monoisotopic (exact) mass is 1080 g/mol. The van der Waals surface area contributed by atoms with Crippen molar-refractivity contribution in [2.75, 3.05) is 0 Å². The Kier molecular flexibility index (Phi) is 20.9. The number of rotatable bonds is 8. The maximum atomic E-state index is 14.0. The van der Waals surface area contributed by atoms with E-state index in [1.165, 1.54) is 85.7 Å². The number of halogens is 8. The number of carboxylic acids is 1. The maximum absolute atomic E-state index is 14.0. The molecule has 0 radical (unpaired) electrons. The van der Waals surface area contributed by atoms with Crippen molar-refractivity contribution in [1.29, 1.82) is 10.5 Å². The van der Waals surface area contributed by atoms with E-state index in [4.69, 9.17) is 45.3 Å². The number of carbonyl (C=O) groups excluding carboxylic acids is 3. The molecule has 5 aliphatic rings. The SMILES string of the molecule is C(=NC1CCCCC1)=NC1CCCCC1.N#CN.N#CNC(=O)Cc1[nH]c(=S)n2c1C[C@@H](c1c(F)c(F)cc(F)c1F)C2.O=C(O)Cc1[nH]c(=S)n2c1C[C@@H](c1c(F)c(F)cc(F)c1F)C2.O=C1CCC(=O)N1O. The molecule has 4 aromatic rings. The molecule has 3 amide bonds. The van der Waals surface area contributed by atoms with Crippen LogP contribution in [0.5, 0.6) is 0 Å². The summed E-state index contributed by atoms with van der Waals surface area (Å²) in [6, 6.07) is 4.36. The minimum Gasteiger partial charge on any atom is -0.481 e. The molecule has 74 heavy (non-hydrogen) atoms. The third kappa shape index (κ3) is 14.6. The van der Waals surface area contributed by atoms with Crippen molar-refractivity contribution in [3.05, 3.63) is 102 Å². The molecule has 2 atom stereocenters. The van der Waals surface area contributed by atoms with Crippen molar-refractivity contribution < 1.29 is 64.6 Å². The second kappa shape index (κ2) is 26.8. The van der Waals surface area contributed by atoms with Crippen LogP contribution in [0.1, 0.15) is 123 Å². The Morgan fingerprint density at radius 1 is 0.689 bits per heavy atom. The summed E-state index contributed by atoms with van der Waals surface area (Å²) in [6.45, 7) is 0.0300. The molecular formula is C47H49F8N11O6S2. The lowest BCUT2D eigenvalue weighted by molar-refractivity contribution is -0.171. The molecule has 2 aromatic carbocycles. The van der Waals surface area contributed by atoms with Crippen molar-refractivity contribution in [2.45, 2.75) is 140 Å². The van der Waals surface area contributed by atoms with Crippen molar-refractivity contribution in [1.82, 2.24) is 29.5 Å². The number of aromatic amines is 2. The lowest BCUT2D eigenvalue weighted by Gasteiger charge is -2.17.